The van der Waals surface area contributed by atoms with E-state index in [0.29, 0.717) is 11.3 Å². The van der Waals surface area contributed by atoms with E-state index >= 15 is 0 Å². The van der Waals surface area contributed by atoms with Gasteiger partial charge in [-0.2, -0.15) is 0 Å². The monoisotopic (exact) mass is 163 g/mol. The van der Waals surface area contributed by atoms with Gasteiger partial charge in [0.2, 0.25) is 0 Å². The number of aromatic nitrogens is 1. The van der Waals surface area contributed by atoms with Crippen molar-refractivity contribution in [1.29, 1.82) is 0 Å². The van der Waals surface area contributed by atoms with Crippen molar-refractivity contribution < 1.29 is 4.52 Å². The van der Waals surface area contributed by atoms with Crippen LogP contribution in [-0.2, 0) is 0 Å². The van der Waals surface area contributed by atoms with Crippen molar-refractivity contribution >= 4 is 22.5 Å². The highest BCUT2D eigenvalue weighted by atomic mass is 16.5. The van der Waals surface area contributed by atoms with Gasteiger partial charge in [0.05, 0.1) is 11.1 Å². The number of fused-ring (bicyclic) bond motifs is 1. The summed E-state index contributed by atoms with van der Waals surface area (Å²) in [6.45, 7) is 0. The van der Waals surface area contributed by atoms with Gasteiger partial charge in [-0.1, -0.05) is 11.2 Å². The second-order valence-corrected chi connectivity index (χ2v) is 2.51. The lowest BCUT2D eigenvalue weighted by Gasteiger charge is -1.92. The molecular formula is C8H9N3O. The Hall–Kier alpha value is -1.71. The first-order chi connectivity index (χ1) is 5.83. The van der Waals surface area contributed by atoms with Gasteiger partial charge in [-0.3, -0.25) is 0 Å². The first-order valence-corrected chi connectivity index (χ1v) is 3.64. The molecule has 0 aliphatic heterocycles. The lowest BCUT2D eigenvalue weighted by Crippen LogP contribution is -1.88. The predicted octanol–water partition coefficient (Wildman–Crippen LogP) is 1.45. The van der Waals surface area contributed by atoms with Crippen LogP contribution < -0.4 is 11.1 Å². The quantitative estimate of drug-likeness (QED) is 0.624. The third-order valence-corrected chi connectivity index (χ3v) is 1.77. The predicted molar refractivity (Wildman–Crippen MR) is 48.0 cm³/mol. The maximum absolute atomic E-state index is 5.66. The average molecular weight is 163 g/mol. The van der Waals surface area contributed by atoms with Gasteiger partial charge in [0.25, 0.3) is 0 Å². The zero-order valence-corrected chi connectivity index (χ0v) is 6.66. The summed E-state index contributed by atoms with van der Waals surface area (Å²) < 4.78 is 5.03. The summed E-state index contributed by atoms with van der Waals surface area (Å²) in [4.78, 5) is 0. The zero-order chi connectivity index (χ0) is 8.55. The van der Waals surface area contributed by atoms with Gasteiger partial charge >= 0.3 is 0 Å². The van der Waals surface area contributed by atoms with E-state index in [4.69, 9.17) is 10.3 Å². The van der Waals surface area contributed by atoms with Crippen molar-refractivity contribution in [3.63, 3.8) is 0 Å². The summed E-state index contributed by atoms with van der Waals surface area (Å²) >= 11 is 0. The Balaban J connectivity index is 2.80. The summed E-state index contributed by atoms with van der Waals surface area (Å²) in [5.41, 5.74) is 6.92. The third-order valence-electron chi connectivity index (χ3n) is 1.77. The van der Waals surface area contributed by atoms with Crippen LogP contribution in [0.3, 0.4) is 0 Å². The summed E-state index contributed by atoms with van der Waals surface area (Å²) in [5.74, 6) is 0.720. The van der Waals surface area contributed by atoms with Crippen LogP contribution in [-0.4, -0.2) is 12.2 Å². The molecule has 1 aromatic carbocycles. The first-order valence-electron chi connectivity index (χ1n) is 3.64. The number of nitrogen functional groups attached to an aromatic ring is 1. The summed E-state index contributed by atoms with van der Waals surface area (Å²) in [7, 11) is 1.79. The Kier molecular flexibility index (Phi) is 1.40. The molecule has 0 bridgehead atoms. The van der Waals surface area contributed by atoms with Crippen LogP contribution in [0.4, 0.5) is 11.5 Å². The van der Waals surface area contributed by atoms with Gasteiger partial charge in [0, 0.05) is 7.05 Å². The Morgan fingerprint density at radius 1 is 1.50 bits per heavy atom. The average Bonchev–Trinajstić information content (AvgIpc) is 2.49. The number of nitrogens with zero attached hydrogens (tertiary/aromatic N) is 1. The molecule has 0 aliphatic carbocycles. The number of rotatable bonds is 1. The second-order valence-electron chi connectivity index (χ2n) is 2.51. The fraction of sp³-hybridized carbons (Fsp3) is 0.125. The standard InChI is InChI=1S/C8H9N3O/c1-10-8-5-3-2-4-6(9)7(5)12-11-8/h2-4H,9H2,1H3,(H,10,11). The molecule has 4 nitrogen and oxygen atoms in total. The molecule has 0 aliphatic rings. The Labute approximate surface area is 69.3 Å². The van der Waals surface area contributed by atoms with Crippen molar-refractivity contribution in [1.82, 2.24) is 5.16 Å². The molecule has 1 heterocycles. The maximum atomic E-state index is 5.66. The third kappa shape index (κ3) is 0.812. The highest BCUT2D eigenvalue weighted by Crippen LogP contribution is 2.26. The minimum Gasteiger partial charge on any atom is -0.396 e. The van der Waals surface area contributed by atoms with Gasteiger partial charge in [0.15, 0.2) is 11.4 Å². The second kappa shape index (κ2) is 2.41. The zero-order valence-electron chi connectivity index (χ0n) is 6.66. The van der Waals surface area contributed by atoms with E-state index in [0.717, 1.165) is 11.2 Å². The van der Waals surface area contributed by atoms with Crippen molar-refractivity contribution in [3.05, 3.63) is 18.2 Å². The van der Waals surface area contributed by atoms with Gasteiger partial charge < -0.3 is 15.6 Å². The van der Waals surface area contributed by atoms with E-state index in [2.05, 4.69) is 10.5 Å². The Bertz CT molecular complexity index is 408. The van der Waals surface area contributed by atoms with Crippen LogP contribution in [0, 0.1) is 0 Å². The van der Waals surface area contributed by atoms with E-state index < -0.39 is 0 Å². The topological polar surface area (TPSA) is 64.1 Å². The van der Waals surface area contributed by atoms with Crippen LogP contribution in [0.25, 0.3) is 11.0 Å². The van der Waals surface area contributed by atoms with Crippen molar-refractivity contribution in [2.75, 3.05) is 18.1 Å². The number of nitrogens with two attached hydrogens (primary N) is 1. The van der Waals surface area contributed by atoms with E-state index in [1.165, 1.54) is 0 Å². The lowest BCUT2D eigenvalue weighted by molar-refractivity contribution is 0.461. The number of nitrogens with one attached hydrogen (secondary N) is 1. The molecule has 4 heteroatoms. The van der Waals surface area contributed by atoms with Crippen LogP contribution >= 0.6 is 0 Å². The highest BCUT2D eigenvalue weighted by Gasteiger charge is 2.07. The molecule has 0 amide bonds. The van der Waals surface area contributed by atoms with Gasteiger partial charge in [-0.05, 0) is 12.1 Å². The fourth-order valence-electron chi connectivity index (χ4n) is 1.16. The molecular weight excluding hydrogens is 154 g/mol. The normalized spacial score (nSPS) is 10.4. The highest BCUT2D eigenvalue weighted by molar-refractivity contribution is 5.95. The SMILES string of the molecule is CNc1noc2c(N)cccc12. The molecule has 12 heavy (non-hydrogen) atoms. The van der Waals surface area contributed by atoms with Crippen LogP contribution in [0.2, 0.25) is 0 Å². The van der Waals surface area contributed by atoms with E-state index in [1.54, 1.807) is 13.1 Å². The molecule has 0 saturated heterocycles. The van der Waals surface area contributed by atoms with Gasteiger partial charge in [0.1, 0.15) is 0 Å². The van der Waals surface area contributed by atoms with Crippen molar-refractivity contribution in [2.45, 2.75) is 0 Å². The number of hydrogen-bond donors (Lipinski definition) is 2. The molecule has 0 saturated carbocycles. The Morgan fingerprint density at radius 3 is 3.08 bits per heavy atom. The summed E-state index contributed by atoms with van der Waals surface area (Å²) in [6, 6.07) is 5.57. The number of benzene rings is 1. The fourth-order valence-corrected chi connectivity index (χ4v) is 1.16. The molecule has 3 N–H and O–H groups in total. The molecule has 0 fully saturated rings. The van der Waals surface area contributed by atoms with E-state index in [1.807, 2.05) is 12.1 Å². The number of hydrogen-bond acceptors (Lipinski definition) is 4. The van der Waals surface area contributed by atoms with Crippen molar-refractivity contribution in [2.24, 2.45) is 0 Å². The largest absolute Gasteiger partial charge is 0.396 e. The molecule has 2 aromatic rings. The van der Waals surface area contributed by atoms with E-state index in [-0.39, 0.29) is 0 Å². The Morgan fingerprint density at radius 2 is 2.33 bits per heavy atom. The van der Waals surface area contributed by atoms with E-state index in [9.17, 15) is 0 Å². The molecule has 0 unspecified atom stereocenters. The minimum atomic E-state index is 0.613. The van der Waals surface area contributed by atoms with Crippen LogP contribution in [0.5, 0.6) is 0 Å². The van der Waals surface area contributed by atoms with Gasteiger partial charge in [-0.15, -0.1) is 0 Å². The lowest BCUT2D eigenvalue weighted by atomic mass is 10.2. The molecule has 0 atom stereocenters. The van der Waals surface area contributed by atoms with Crippen LogP contribution in [0.15, 0.2) is 22.7 Å². The van der Waals surface area contributed by atoms with Gasteiger partial charge in [-0.25, -0.2) is 0 Å². The maximum Gasteiger partial charge on any atom is 0.191 e. The smallest absolute Gasteiger partial charge is 0.191 e. The van der Waals surface area contributed by atoms with Crippen molar-refractivity contribution in [3.8, 4) is 0 Å². The first kappa shape index (κ1) is 6.97. The minimum absolute atomic E-state index is 0.613. The number of anilines is 2. The van der Waals surface area contributed by atoms with Crippen LogP contribution in [0.1, 0.15) is 0 Å². The summed E-state index contributed by atoms with van der Waals surface area (Å²) in [5, 5.41) is 7.64. The molecule has 2 rings (SSSR count). The number of para-hydroxylation sites is 1. The summed E-state index contributed by atoms with van der Waals surface area (Å²) in [6.07, 6.45) is 0. The molecule has 62 valence electrons. The molecule has 0 spiro atoms. The molecule has 0 radical (unpaired) electrons. The molecule has 1 aromatic heterocycles.